The lowest BCUT2D eigenvalue weighted by Gasteiger charge is -2.27. The van der Waals surface area contributed by atoms with E-state index in [0.717, 1.165) is 32.4 Å². The molecule has 1 fully saturated rings. The van der Waals surface area contributed by atoms with Crippen molar-refractivity contribution in [3.63, 3.8) is 0 Å². The molecule has 2 rings (SSSR count). The summed E-state index contributed by atoms with van der Waals surface area (Å²) < 4.78 is 10.9. The lowest BCUT2D eigenvalue weighted by molar-refractivity contribution is 0.0724. The SMILES string of the molecule is CCCOc1ccc(C(=O)N2CCCCC2)cc1OC. The van der Waals surface area contributed by atoms with Crippen LogP contribution in [0.25, 0.3) is 0 Å². The molecule has 0 unspecified atom stereocenters. The zero-order valence-corrected chi connectivity index (χ0v) is 12.4. The van der Waals surface area contributed by atoms with Gasteiger partial charge in [-0.3, -0.25) is 4.79 Å². The first-order valence-corrected chi connectivity index (χ1v) is 7.36. The lowest BCUT2D eigenvalue weighted by atomic mass is 10.1. The highest BCUT2D eigenvalue weighted by Gasteiger charge is 2.19. The van der Waals surface area contributed by atoms with Crippen molar-refractivity contribution < 1.29 is 14.3 Å². The van der Waals surface area contributed by atoms with E-state index in [1.165, 1.54) is 6.42 Å². The molecular weight excluding hydrogens is 254 g/mol. The van der Waals surface area contributed by atoms with E-state index in [2.05, 4.69) is 6.92 Å². The number of carbonyl (C=O) groups is 1. The molecule has 1 aromatic carbocycles. The van der Waals surface area contributed by atoms with Crippen LogP contribution in [0.4, 0.5) is 0 Å². The number of hydrogen-bond donors (Lipinski definition) is 0. The van der Waals surface area contributed by atoms with Gasteiger partial charge in [0, 0.05) is 18.7 Å². The van der Waals surface area contributed by atoms with E-state index in [1.54, 1.807) is 13.2 Å². The van der Waals surface area contributed by atoms with Gasteiger partial charge in [-0.1, -0.05) is 6.92 Å². The van der Waals surface area contributed by atoms with Crippen molar-refractivity contribution >= 4 is 5.91 Å². The zero-order valence-electron chi connectivity index (χ0n) is 12.4. The highest BCUT2D eigenvalue weighted by molar-refractivity contribution is 5.95. The van der Waals surface area contributed by atoms with E-state index >= 15 is 0 Å². The molecule has 1 amide bonds. The van der Waals surface area contributed by atoms with Gasteiger partial charge in [-0.15, -0.1) is 0 Å². The third kappa shape index (κ3) is 3.44. The van der Waals surface area contributed by atoms with Crippen LogP contribution in [0.2, 0.25) is 0 Å². The van der Waals surface area contributed by atoms with Gasteiger partial charge < -0.3 is 14.4 Å². The maximum Gasteiger partial charge on any atom is 0.253 e. The van der Waals surface area contributed by atoms with Gasteiger partial charge in [0.05, 0.1) is 13.7 Å². The normalized spacial score (nSPS) is 15.0. The predicted molar refractivity (Wildman–Crippen MR) is 78.5 cm³/mol. The van der Waals surface area contributed by atoms with Crippen molar-refractivity contribution in [2.45, 2.75) is 32.6 Å². The molecule has 1 aliphatic heterocycles. The molecule has 0 N–H and O–H groups in total. The molecule has 110 valence electrons. The minimum absolute atomic E-state index is 0.0880. The summed E-state index contributed by atoms with van der Waals surface area (Å²) in [6, 6.07) is 5.43. The molecule has 0 bridgehead atoms. The van der Waals surface area contributed by atoms with Crippen LogP contribution in [0.5, 0.6) is 11.5 Å². The van der Waals surface area contributed by atoms with Crippen molar-refractivity contribution in [2.75, 3.05) is 26.8 Å². The third-order valence-electron chi connectivity index (χ3n) is 3.52. The number of rotatable bonds is 5. The molecule has 0 radical (unpaired) electrons. The van der Waals surface area contributed by atoms with Crippen molar-refractivity contribution in [1.82, 2.24) is 4.90 Å². The topological polar surface area (TPSA) is 38.8 Å². The number of methoxy groups -OCH3 is 1. The van der Waals surface area contributed by atoms with Crippen LogP contribution in [-0.2, 0) is 0 Å². The molecule has 1 saturated heterocycles. The summed E-state index contributed by atoms with van der Waals surface area (Å²) in [5.74, 6) is 1.41. The molecule has 0 aromatic heterocycles. The Morgan fingerprint density at radius 3 is 2.60 bits per heavy atom. The quantitative estimate of drug-likeness (QED) is 0.830. The molecule has 0 spiro atoms. The average Bonchev–Trinajstić information content (AvgIpc) is 2.52. The van der Waals surface area contributed by atoms with Crippen molar-refractivity contribution in [2.24, 2.45) is 0 Å². The Balaban J connectivity index is 2.13. The number of hydrogen-bond acceptors (Lipinski definition) is 3. The number of ether oxygens (including phenoxy) is 2. The van der Waals surface area contributed by atoms with Gasteiger partial charge in [-0.25, -0.2) is 0 Å². The number of nitrogens with zero attached hydrogens (tertiary/aromatic N) is 1. The predicted octanol–water partition coefficient (Wildman–Crippen LogP) is 3.11. The van der Waals surface area contributed by atoms with Gasteiger partial charge in [0.25, 0.3) is 5.91 Å². The Labute approximate surface area is 120 Å². The van der Waals surface area contributed by atoms with Gasteiger partial charge >= 0.3 is 0 Å². The van der Waals surface area contributed by atoms with Gasteiger partial charge in [0.15, 0.2) is 11.5 Å². The molecule has 4 nitrogen and oxygen atoms in total. The molecule has 4 heteroatoms. The second-order valence-electron chi connectivity index (χ2n) is 5.07. The summed E-state index contributed by atoms with van der Waals surface area (Å²) in [6.45, 7) is 4.42. The maximum atomic E-state index is 12.4. The van der Waals surface area contributed by atoms with E-state index in [1.807, 2.05) is 17.0 Å². The Morgan fingerprint density at radius 2 is 1.95 bits per heavy atom. The lowest BCUT2D eigenvalue weighted by Crippen LogP contribution is -2.35. The monoisotopic (exact) mass is 277 g/mol. The fourth-order valence-corrected chi connectivity index (χ4v) is 2.41. The van der Waals surface area contributed by atoms with E-state index in [0.29, 0.717) is 23.7 Å². The third-order valence-corrected chi connectivity index (χ3v) is 3.52. The van der Waals surface area contributed by atoms with Crippen molar-refractivity contribution in [3.05, 3.63) is 23.8 Å². The Hall–Kier alpha value is -1.71. The smallest absolute Gasteiger partial charge is 0.253 e. The molecule has 1 aliphatic rings. The highest BCUT2D eigenvalue weighted by Crippen LogP contribution is 2.29. The minimum atomic E-state index is 0.0880. The molecule has 1 aromatic rings. The van der Waals surface area contributed by atoms with Crippen LogP contribution in [0, 0.1) is 0 Å². The Kier molecular flexibility index (Phi) is 5.27. The Bertz CT molecular complexity index is 453. The van der Waals surface area contributed by atoms with E-state index in [-0.39, 0.29) is 5.91 Å². The number of benzene rings is 1. The first-order valence-electron chi connectivity index (χ1n) is 7.36. The number of amides is 1. The van der Waals surface area contributed by atoms with E-state index < -0.39 is 0 Å². The number of piperidine rings is 1. The molecule has 1 heterocycles. The molecule has 0 saturated carbocycles. The fourth-order valence-electron chi connectivity index (χ4n) is 2.41. The van der Waals surface area contributed by atoms with Crippen LogP contribution in [0.1, 0.15) is 43.0 Å². The summed E-state index contributed by atoms with van der Waals surface area (Å²) >= 11 is 0. The highest BCUT2D eigenvalue weighted by atomic mass is 16.5. The standard InChI is InChI=1S/C16H23NO3/c1-3-11-20-14-8-7-13(12-15(14)19-2)16(18)17-9-5-4-6-10-17/h7-8,12H,3-6,9-11H2,1-2H3. The zero-order chi connectivity index (χ0) is 14.4. The first-order chi connectivity index (χ1) is 9.76. The van der Waals surface area contributed by atoms with Crippen LogP contribution in [0.3, 0.4) is 0 Å². The summed E-state index contributed by atoms with van der Waals surface area (Å²) in [5.41, 5.74) is 0.674. The average molecular weight is 277 g/mol. The molecule has 0 atom stereocenters. The minimum Gasteiger partial charge on any atom is -0.493 e. The summed E-state index contributed by atoms with van der Waals surface area (Å²) in [7, 11) is 1.60. The summed E-state index contributed by atoms with van der Waals surface area (Å²) in [6.07, 6.45) is 4.36. The van der Waals surface area contributed by atoms with E-state index in [4.69, 9.17) is 9.47 Å². The fraction of sp³-hybridized carbons (Fsp3) is 0.562. The van der Waals surface area contributed by atoms with Crippen LogP contribution < -0.4 is 9.47 Å². The molecule has 20 heavy (non-hydrogen) atoms. The first kappa shape index (κ1) is 14.7. The Morgan fingerprint density at radius 1 is 1.20 bits per heavy atom. The van der Waals surface area contributed by atoms with Gasteiger partial charge in [-0.05, 0) is 43.9 Å². The van der Waals surface area contributed by atoms with Gasteiger partial charge in [-0.2, -0.15) is 0 Å². The second kappa shape index (κ2) is 7.17. The largest absolute Gasteiger partial charge is 0.493 e. The summed E-state index contributed by atoms with van der Waals surface area (Å²) in [4.78, 5) is 14.3. The molecule has 0 aliphatic carbocycles. The van der Waals surface area contributed by atoms with Gasteiger partial charge in [0.2, 0.25) is 0 Å². The van der Waals surface area contributed by atoms with Crippen LogP contribution in [0.15, 0.2) is 18.2 Å². The van der Waals surface area contributed by atoms with Crippen molar-refractivity contribution in [1.29, 1.82) is 0 Å². The van der Waals surface area contributed by atoms with Crippen molar-refractivity contribution in [3.8, 4) is 11.5 Å². The number of likely N-dealkylation sites (tertiary alicyclic amines) is 1. The van der Waals surface area contributed by atoms with Crippen LogP contribution in [-0.4, -0.2) is 37.6 Å². The van der Waals surface area contributed by atoms with Gasteiger partial charge in [0.1, 0.15) is 0 Å². The number of carbonyl (C=O) groups excluding carboxylic acids is 1. The summed E-state index contributed by atoms with van der Waals surface area (Å²) in [5, 5.41) is 0. The van der Waals surface area contributed by atoms with E-state index in [9.17, 15) is 4.79 Å². The van der Waals surface area contributed by atoms with Crippen LogP contribution >= 0.6 is 0 Å². The maximum absolute atomic E-state index is 12.4. The molecular formula is C16H23NO3. The second-order valence-corrected chi connectivity index (χ2v) is 5.07.